The summed E-state index contributed by atoms with van der Waals surface area (Å²) >= 11 is 0. The van der Waals surface area contributed by atoms with E-state index < -0.39 is 0 Å². The number of amides is 2. The lowest BCUT2D eigenvalue weighted by Gasteiger charge is -2.37. The Morgan fingerprint density at radius 2 is 1.77 bits per heavy atom. The number of anilines is 1. The van der Waals surface area contributed by atoms with E-state index >= 15 is 0 Å². The van der Waals surface area contributed by atoms with Crippen LogP contribution in [-0.2, 0) is 11.3 Å². The molecule has 1 aliphatic heterocycles. The van der Waals surface area contributed by atoms with E-state index in [1.54, 1.807) is 7.05 Å². The molecule has 1 fully saturated rings. The van der Waals surface area contributed by atoms with Crippen LogP contribution in [0, 0.1) is 5.92 Å². The Balaban J connectivity index is 1.81. The maximum absolute atomic E-state index is 11.8. The largest absolute Gasteiger partial charge is 0.379 e. The number of benzene rings is 1. The summed E-state index contributed by atoms with van der Waals surface area (Å²) in [5.41, 5.74) is 1.88. The van der Waals surface area contributed by atoms with Crippen LogP contribution in [0.1, 0.15) is 33.3 Å². The molecular weight excluding hydrogens is 380 g/mol. The summed E-state index contributed by atoms with van der Waals surface area (Å²) in [6, 6.07) is 8.15. The van der Waals surface area contributed by atoms with Crippen molar-refractivity contribution in [2.45, 2.75) is 46.3 Å². The maximum Gasteiger partial charge on any atom is 0.319 e. The lowest BCUT2D eigenvalue weighted by Crippen LogP contribution is -2.52. The predicted molar refractivity (Wildman–Crippen MR) is 123 cm³/mol. The molecule has 1 heterocycles. The van der Waals surface area contributed by atoms with Crippen LogP contribution in [0.2, 0.25) is 0 Å². The Morgan fingerprint density at radius 1 is 1.10 bits per heavy atom. The summed E-state index contributed by atoms with van der Waals surface area (Å²) < 4.78 is 5.49. The van der Waals surface area contributed by atoms with E-state index in [-0.39, 0.29) is 12.1 Å². The van der Waals surface area contributed by atoms with Crippen LogP contribution >= 0.6 is 0 Å². The van der Waals surface area contributed by atoms with E-state index in [4.69, 9.17) is 4.74 Å². The summed E-state index contributed by atoms with van der Waals surface area (Å²) in [6.45, 7) is 13.4. The maximum atomic E-state index is 11.8. The summed E-state index contributed by atoms with van der Waals surface area (Å²) in [6.07, 6.45) is 0. The molecule has 1 unspecified atom stereocenters. The van der Waals surface area contributed by atoms with Gasteiger partial charge in [-0.15, -0.1) is 0 Å². The topological polar surface area (TPSA) is 90.0 Å². The molecule has 8 heteroatoms. The van der Waals surface area contributed by atoms with E-state index in [0.717, 1.165) is 50.1 Å². The molecule has 1 saturated heterocycles. The Bertz CT molecular complexity index is 669. The van der Waals surface area contributed by atoms with Gasteiger partial charge in [0.05, 0.1) is 13.2 Å². The quantitative estimate of drug-likeness (QED) is 0.384. The minimum absolute atomic E-state index is 0.103. The standard InChI is InChI=1S/C22H38N6O2/c1-16(2)20(28-10-12-30-13-11-28)15-25-21(23-5)24-14-18-6-8-19(9-7-18)27-22(29)26-17(3)4/h6-9,16-17,20H,10-15H2,1-5H3,(H2,23,24,25)(H2,26,27,29). The molecule has 0 bridgehead atoms. The van der Waals surface area contributed by atoms with Gasteiger partial charge in [-0.1, -0.05) is 26.0 Å². The summed E-state index contributed by atoms with van der Waals surface area (Å²) in [4.78, 5) is 18.6. The fourth-order valence-electron chi connectivity index (χ4n) is 3.44. The lowest BCUT2D eigenvalue weighted by molar-refractivity contribution is 0.00752. The fourth-order valence-corrected chi connectivity index (χ4v) is 3.44. The Kier molecular flexibility index (Phi) is 9.89. The number of nitrogens with zero attached hydrogens (tertiary/aromatic N) is 2. The van der Waals surface area contributed by atoms with Gasteiger partial charge < -0.3 is 26.0 Å². The van der Waals surface area contributed by atoms with Crippen molar-refractivity contribution in [1.82, 2.24) is 20.9 Å². The molecule has 4 N–H and O–H groups in total. The minimum atomic E-state index is -0.194. The molecule has 0 radical (unpaired) electrons. The number of guanidine groups is 1. The van der Waals surface area contributed by atoms with Crippen LogP contribution in [0.15, 0.2) is 29.3 Å². The summed E-state index contributed by atoms with van der Waals surface area (Å²) in [5.74, 6) is 1.33. The molecule has 1 aromatic carbocycles. The highest BCUT2D eigenvalue weighted by Gasteiger charge is 2.23. The molecule has 0 aromatic heterocycles. The number of ether oxygens (including phenoxy) is 1. The first kappa shape index (κ1) is 24.0. The fraction of sp³-hybridized carbons (Fsp3) is 0.636. The van der Waals surface area contributed by atoms with Crippen molar-refractivity contribution in [1.29, 1.82) is 0 Å². The smallest absolute Gasteiger partial charge is 0.319 e. The second kappa shape index (κ2) is 12.4. The first-order valence-corrected chi connectivity index (χ1v) is 10.8. The lowest BCUT2D eigenvalue weighted by atomic mass is 10.0. The van der Waals surface area contributed by atoms with E-state index in [0.29, 0.717) is 18.5 Å². The van der Waals surface area contributed by atoms with Crippen LogP contribution in [0.25, 0.3) is 0 Å². The van der Waals surface area contributed by atoms with Gasteiger partial charge in [-0.25, -0.2) is 4.79 Å². The highest BCUT2D eigenvalue weighted by Crippen LogP contribution is 2.12. The molecule has 2 rings (SSSR count). The van der Waals surface area contributed by atoms with Crippen LogP contribution in [0.4, 0.5) is 10.5 Å². The molecule has 0 saturated carbocycles. The average molecular weight is 419 g/mol. The Hall–Kier alpha value is -2.32. The minimum Gasteiger partial charge on any atom is -0.379 e. The third kappa shape index (κ3) is 8.20. The molecule has 1 atom stereocenters. The SMILES string of the molecule is CN=C(NCc1ccc(NC(=O)NC(C)C)cc1)NCC(C(C)C)N1CCOCC1. The molecule has 2 amide bonds. The monoisotopic (exact) mass is 418 g/mol. The van der Waals surface area contributed by atoms with Gasteiger partial charge in [0.1, 0.15) is 0 Å². The Morgan fingerprint density at radius 3 is 2.33 bits per heavy atom. The van der Waals surface area contributed by atoms with Crippen molar-refractivity contribution in [3.63, 3.8) is 0 Å². The predicted octanol–water partition coefficient (Wildman–Crippen LogP) is 2.24. The van der Waals surface area contributed by atoms with Gasteiger partial charge in [-0.2, -0.15) is 0 Å². The highest BCUT2D eigenvalue weighted by atomic mass is 16.5. The van der Waals surface area contributed by atoms with Gasteiger partial charge in [-0.05, 0) is 37.5 Å². The highest BCUT2D eigenvalue weighted by molar-refractivity contribution is 5.89. The van der Waals surface area contributed by atoms with Crippen molar-refractivity contribution in [2.24, 2.45) is 10.9 Å². The van der Waals surface area contributed by atoms with E-state index in [2.05, 4.69) is 45.0 Å². The molecule has 1 aliphatic rings. The van der Waals surface area contributed by atoms with Crippen molar-refractivity contribution >= 4 is 17.7 Å². The third-order valence-electron chi connectivity index (χ3n) is 5.08. The number of nitrogens with one attached hydrogen (secondary N) is 4. The van der Waals surface area contributed by atoms with Gasteiger partial charge in [0, 0.05) is 51.0 Å². The van der Waals surface area contributed by atoms with E-state index in [9.17, 15) is 4.79 Å². The first-order valence-electron chi connectivity index (χ1n) is 10.8. The molecule has 0 spiro atoms. The van der Waals surface area contributed by atoms with Gasteiger partial charge in [0.25, 0.3) is 0 Å². The third-order valence-corrected chi connectivity index (χ3v) is 5.08. The first-order chi connectivity index (χ1) is 14.4. The van der Waals surface area contributed by atoms with Crippen LogP contribution in [-0.4, -0.2) is 68.9 Å². The molecule has 168 valence electrons. The zero-order valence-corrected chi connectivity index (χ0v) is 19.0. The van der Waals surface area contributed by atoms with Crippen LogP contribution in [0.5, 0.6) is 0 Å². The molecule has 30 heavy (non-hydrogen) atoms. The zero-order valence-electron chi connectivity index (χ0n) is 19.0. The van der Waals surface area contributed by atoms with Crippen molar-refractivity contribution in [3.8, 4) is 0 Å². The average Bonchev–Trinajstić information content (AvgIpc) is 2.71. The van der Waals surface area contributed by atoms with E-state index in [1.807, 2.05) is 38.1 Å². The molecule has 8 nitrogen and oxygen atoms in total. The second-order valence-corrected chi connectivity index (χ2v) is 8.22. The number of carbonyl (C=O) groups excluding carboxylic acids is 1. The van der Waals surface area contributed by atoms with Crippen LogP contribution in [0.3, 0.4) is 0 Å². The number of aliphatic imine (C=N–C) groups is 1. The molecule has 1 aromatic rings. The normalized spacial score (nSPS) is 16.4. The van der Waals surface area contributed by atoms with Gasteiger partial charge in [0.2, 0.25) is 0 Å². The number of hydrogen-bond donors (Lipinski definition) is 4. The number of rotatable bonds is 8. The van der Waals surface area contributed by atoms with Crippen molar-refractivity contribution in [3.05, 3.63) is 29.8 Å². The summed E-state index contributed by atoms with van der Waals surface area (Å²) in [7, 11) is 1.79. The Labute approximate surface area is 180 Å². The summed E-state index contributed by atoms with van der Waals surface area (Å²) in [5, 5.41) is 12.5. The van der Waals surface area contributed by atoms with Gasteiger partial charge in [-0.3, -0.25) is 9.89 Å². The molecule has 0 aliphatic carbocycles. The van der Waals surface area contributed by atoms with Crippen molar-refractivity contribution in [2.75, 3.05) is 45.2 Å². The number of carbonyl (C=O) groups is 1. The number of morpholine rings is 1. The zero-order chi connectivity index (χ0) is 21.9. The second-order valence-electron chi connectivity index (χ2n) is 8.22. The van der Waals surface area contributed by atoms with Gasteiger partial charge in [0.15, 0.2) is 5.96 Å². The van der Waals surface area contributed by atoms with E-state index in [1.165, 1.54) is 0 Å². The molecular formula is C22H38N6O2. The number of urea groups is 1. The van der Waals surface area contributed by atoms with Crippen LogP contribution < -0.4 is 21.3 Å². The van der Waals surface area contributed by atoms with Crippen molar-refractivity contribution < 1.29 is 9.53 Å². The van der Waals surface area contributed by atoms with Gasteiger partial charge >= 0.3 is 6.03 Å². The number of hydrogen-bond acceptors (Lipinski definition) is 4.